The molecule has 0 saturated carbocycles. The number of rotatable bonds is 4. The van der Waals surface area contributed by atoms with Crippen molar-refractivity contribution in [2.45, 2.75) is 13.3 Å². The number of aromatic carboxylic acids is 1. The molecule has 4 heteroatoms. The van der Waals surface area contributed by atoms with Gasteiger partial charge in [0, 0.05) is 11.9 Å². The molecule has 0 unspecified atom stereocenters. The Kier molecular flexibility index (Phi) is 3.57. The molecule has 0 aliphatic carbocycles. The molecule has 1 aromatic heterocycles. The minimum absolute atomic E-state index is 0.224. The first-order chi connectivity index (χ1) is 8.70. The van der Waals surface area contributed by atoms with Crippen molar-refractivity contribution in [2.75, 3.05) is 5.32 Å². The normalized spacial score (nSPS) is 10.1. The Balaban J connectivity index is 2.28. The molecule has 0 aliphatic rings. The number of benzene rings is 1. The van der Waals surface area contributed by atoms with E-state index >= 15 is 0 Å². The fourth-order valence-corrected chi connectivity index (χ4v) is 1.72. The molecule has 2 rings (SSSR count). The Labute approximate surface area is 105 Å². The molecule has 0 amide bonds. The lowest BCUT2D eigenvalue weighted by atomic mass is 10.1. The van der Waals surface area contributed by atoms with E-state index < -0.39 is 5.97 Å². The highest BCUT2D eigenvalue weighted by molar-refractivity contribution is 5.88. The first-order valence-electron chi connectivity index (χ1n) is 5.75. The van der Waals surface area contributed by atoms with Gasteiger partial charge in [0.05, 0.1) is 5.56 Å². The summed E-state index contributed by atoms with van der Waals surface area (Å²) in [6.45, 7) is 2.07. The lowest BCUT2D eigenvalue weighted by Gasteiger charge is -2.10. The average molecular weight is 242 g/mol. The van der Waals surface area contributed by atoms with Gasteiger partial charge in [-0.3, -0.25) is 0 Å². The first-order valence-corrected chi connectivity index (χ1v) is 5.75. The van der Waals surface area contributed by atoms with Gasteiger partial charge in [-0.2, -0.15) is 0 Å². The van der Waals surface area contributed by atoms with Gasteiger partial charge in [0.1, 0.15) is 5.82 Å². The highest BCUT2D eigenvalue weighted by Gasteiger charge is 2.05. The third kappa shape index (κ3) is 2.66. The van der Waals surface area contributed by atoms with Gasteiger partial charge in [-0.05, 0) is 30.2 Å². The summed E-state index contributed by atoms with van der Waals surface area (Å²) < 4.78 is 0. The van der Waals surface area contributed by atoms with Crippen LogP contribution in [0.5, 0.6) is 0 Å². The van der Waals surface area contributed by atoms with E-state index in [1.165, 1.54) is 23.9 Å². The number of anilines is 2. The van der Waals surface area contributed by atoms with Crippen LogP contribution in [-0.4, -0.2) is 16.1 Å². The predicted molar refractivity (Wildman–Crippen MR) is 70.3 cm³/mol. The van der Waals surface area contributed by atoms with Crippen LogP contribution in [0.1, 0.15) is 22.8 Å². The second-order valence-corrected chi connectivity index (χ2v) is 3.87. The second-order valence-electron chi connectivity index (χ2n) is 3.87. The summed E-state index contributed by atoms with van der Waals surface area (Å²) in [6, 6.07) is 10.9. The second kappa shape index (κ2) is 5.31. The Morgan fingerprint density at radius 3 is 2.83 bits per heavy atom. The minimum Gasteiger partial charge on any atom is -0.478 e. The minimum atomic E-state index is -0.954. The Morgan fingerprint density at radius 1 is 1.33 bits per heavy atom. The van der Waals surface area contributed by atoms with E-state index in [9.17, 15) is 4.79 Å². The molecule has 0 fully saturated rings. The molecule has 0 radical (unpaired) electrons. The van der Waals surface area contributed by atoms with E-state index in [-0.39, 0.29) is 5.56 Å². The third-order valence-electron chi connectivity index (χ3n) is 2.67. The lowest BCUT2D eigenvalue weighted by molar-refractivity contribution is 0.0697. The summed E-state index contributed by atoms with van der Waals surface area (Å²) in [4.78, 5) is 15.0. The largest absolute Gasteiger partial charge is 0.478 e. The molecule has 0 bridgehead atoms. The number of hydrogen-bond acceptors (Lipinski definition) is 3. The van der Waals surface area contributed by atoms with Gasteiger partial charge in [0.2, 0.25) is 0 Å². The number of para-hydroxylation sites is 1. The summed E-state index contributed by atoms with van der Waals surface area (Å²) in [5.74, 6) is -0.417. The number of carboxylic acids is 1. The number of carbonyl (C=O) groups is 1. The van der Waals surface area contributed by atoms with Gasteiger partial charge in [0.15, 0.2) is 0 Å². The molecule has 0 spiro atoms. The zero-order valence-corrected chi connectivity index (χ0v) is 10.1. The van der Waals surface area contributed by atoms with E-state index in [1.54, 1.807) is 0 Å². The van der Waals surface area contributed by atoms with Gasteiger partial charge in [-0.1, -0.05) is 25.1 Å². The van der Waals surface area contributed by atoms with E-state index in [0.717, 1.165) is 12.1 Å². The first kappa shape index (κ1) is 12.1. The van der Waals surface area contributed by atoms with Crippen molar-refractivity contribution in [3.05, 3.63) is 53.7 Å². The zero-order valence-electron chi connectivity index (χ0n) is 10.1. The van der Waals surface area contributed by atoms with Gasteiger partial charge < -0.3 is 10.4 Å². The third-order valence-corrected chi connectivity index (χ3v) is 2.67. The van der Waals surface area contributed by atoms with Crippen LogP contribution >= 0.6 is 0 Å². The van der Waals surface area contributed by atoms with Crippen molar-refractivity contribution < 1.29 is 9.90 Å². The Bertz CT molecular complexity index is 567. The zero-order chi connectivity index (χ0) is 13.0. The van der Waals surface area contributed by atoms with Crippen molar-refractivity contribution in [3.63, 3.8) is 0 Å². The molecular formula is C14H14N2O2. The average Bonchev–Trinajstić information content (AvgIpc) is 2.39. The van der Waals surface area contributed by atoms with Crippen LogP contribution in [0.4, 0.5) is 11.5 Å². The summed E-state index contributed by atoms with van der Waals surface area (Å²) in [5.41, 5.74) is 2.34. The maximum absolute atomic E-state index is 10.9. The van der Waals surface area contributed by atoms with Crippen LogP contribution in [0.15, 0.2) is 42.6 Å². The van der Waals surface area contributed by atoms with Crippen molar-refractivity contribution in [1.29, 1.82) is 0 Å². The standard InChI is InChI=1S/C14H14N2O2/c1-2-10-5-3-4-6-12(10)16-13-9-11(14(17)18)7-8-15-13/h3-9H,2H2,1H3,(H,15,16)(H,17,18). The van der Waals surface area contributed by atoms with Crippen LogP contribution < -0.4 is 5.32 Å². The van der Waals surface area contributed by atoms with Gasteiger partial charge in [-0.15, -0.1) is 0 Å². The molecule has 18 heavy (non-hydrogen) atoms. The summed E-state index contributed by atoms with van der Waals surface area (Å²) in [5, 5.41) is 12.1. The van der Waals surface area contributed by atoms with Crippen molar-refractivity contribution in [2.24, 2.45) is 0 Å². The summed E-state index contributed by atoms with van der Waals surface area (Å²) in [6.07, 6.45) is 2.39. The fraction of sp³-hybridized carbons (Fsp3) is 0.143. The van der Waals surface area contributed by atoms with E-state index in [4.69, 9.17) is 5.11 Å². The lowest BCUT2D eigenvalue weighted by Crippen LogP contribution is -2.01. The van der Waals surface area contributed by atoms with Gasteiger partial charge in [0.25, 0.3) is 0 Å². The Morgan fingerprint density at radius 2 is 2.11 bits per heavy atom. The number of carboxylic acid groups (broad SMARTS) is 1. The quantitative estimate of drug-likeness (QED) is 0.864. The molecule has 0 saturated heterocycles. The number of aromatic nitrogens is 1. The van der Waals surface area contributed by atoms with Gasteiger partial charge in [-0.25, -0.2) is 9.78 Å². The maximum atomic E-state index is 10.9. The fourth-order valence-electron chi connectivity index (χ4n) is 1.72. The molecule has 2 N–H and O–H groups in total. The highest BCUT2D eigenvalue weighted by atomic mass is 16.4. The van der Waals surface area contributed by atoms with Crippen LogP contribution in [0.25, 0.3) is 0 Å². The predicted octanol–water partition coefficient (Wildman–Crippen LogP) is 3.09. The SMILES string of the molecule is CCc1ccccc1Nc1cc(C(=O)O)ccn1. The molecule has 92 valence electrons. The topological polar surface area (TPSA) is 62.2 Å². The molecule has 4 nitrogen and oxygen atoms in total. The molecular weight excluding hydrogens is 228 g/mol. The van der Waals surface area contributed by atoms with Gasteiger partial charge >= 0.3 is 5.97 Å². The molecule has 1 heterocycles. The molecule has 1 aromatic carbocycles. The van der Waals surface area contributed by atoms with E-state index in [1.807, 2.05) is 24.3 Å². The van der Waals surface area contributed by atoms with E-state index in [2.05, 4.69) is 17.2 Å². The van der Waals surface area contributed by atoms with Crippen LogP contribution in [0.3, 0.4) is 0 Å². The summed E-state index contributed by atoms with van der Waals surface area (Å²) >= 11 is 0. The van der Waals surface area contributed by atoms with Crippen LogP contribution in [0, 0.1) is 0 Å². The molecule has 0 aliphatic heterocycles. The number of nitrogens with zero attached hydrogens (tertiary/aromatic N) is 1. The Hall–Kier alpha value is -2.36. The number of pyridine rings is 1. The molecule has 0 atom stereocenters. The number of hydrogen-bond donors (Lipinski definition) is 2. The molecule has 2 aromatic rings. The number of nitrogens with one attached hydrogen (secondary N) is 1. The van der Waals surface area contributed by atoms with Crippen molar-refractivity contribution in [3.8, 4) is 0 Å². The van der Waals surface area contributed by atoms with E-state index in [0.29, 0.717) is 5.82 Å². The monoisotopic (exact) mass is 242 g/mol. The van der Waals surface area contributed by atoms with Crippen LogP contribution in [0.2, 0.25) is 0 Å². The smallest absolute Gasteiger partial charge is 0.335 e. The van der Waals surface area contributed by atoms with Crippen molar-refractivity contribution in [1.82, 2.24) is 4.98 Å². The highest BCUT2D eigenvalue weighted by Crippen LogP contribution is 2.20. The number of aryl methyl sites for hydroxylation is 1. The maximum Gasteiger partial charge on any atom is 0.335 e. The summed E-state index contributed by atoms with van der Waals surface area (Å²) in [7, 11) is 0. The van der Waals surface area contributed by atoms with Crippen LogP contribution in [-0.2, 0) is 6.42 Å². The van der Waals surface area contributed by atoms with Crippen molar-refractivity contribution >= 4 is 17.5 Å².